The highest BCUT2D eigenvalue weighted by atomic mass is 16.3. The van der Waals surface area contributed by atoms with Crippen molar-refractivity contribution in [3.8, 4) is 0 Å². The van der Waals surface area contributed by atoms with Gasteiger partial charge in [-0.3, -0.25) is 0 Å². The van der Waals surface area contributed by atoms with Crippen LogP contribution in [-0.4, -0.2) is 48.3 Å². The molecule has 0 aromatic heterocycles. The van der Waals surface area contributed by atoms with Crippen LogP contribution in [0.4, 0.5) is 0 Å². The van der Waals surface area contributed by atoms with E-state index in [1.165, 1.54) is 38.5 Å². The first-order chi connectivity index (χ1) is 8.19. The van der Waals surface area contributed by atoms with Crippen LogP contribution in [-0.2, 0) is 0 Å². The van der Waals surface area contributed by atoms with E-state index in [2.05, 4.69) is 24.2 Å². The molecule has 2 fully saturated rings. The van der Waals surface area contributed by atoms with Crippen molar-refractivity contribution >= 4 is 0 Å². The number of rotatable bonds is 6. The van der Waals surface area contributed by atoms with Gasteiger partial charge in [-0.05, 0) is 51.5 Å². The fourth-order valence-electron chi connectivity index (χ4n) is 2.93. The van der Waals surface area contributed by atoms with E-state index >= 15 is 0 Å². The van der Waals surface area contributed by atoms with Gasteiger partial charge in [-0.1, -0.05) is 6.92 Å². The van der Waals surface area contributed by atoms with Crippen molar-refractivity contribution in [1.82, 2.24) is 10.2 Å². The quantitative estimate of drug-likeness (QED) is 0.740. The molecule has 0 amide bonds. The summed E-state index contributed by atoms with van der Waals surface area (Å²) >= 11 is 0. The number of nitrogens with one attached hydrogen (secondary N) is 1. The molecule has 0 heterocycles. The third-order valence-electron chi connectivity index (χ3n) is 4.39. The predicted octanol–water partition coefficient (Wildman–Crippen LogP) is 1.61. The molecule has 0 spiro atoms. The number of likely N-dealkylation sites (N-methyl/N-ethyl adjacent to an activating group) is 1. The third-order valence-corrected chi connectivity index (χ3v) is 4.39. The molecule has 0 radical (unpaired) electrons. The minimum Gasteiger partial charge on any atom is -0.395 e. The summed E-state index contributed by atoms with van der Waals surface area (Å²) in [5.41, 5.74) is 0. The molecule has 0 saturated heterocycles. The molecule has 3 nitrogen and oxygen atoms in total. The smallest absolute Gasteiger partial charge is 0.0597 e. The van der Waals surface area contributed by atoms with Crippen LogP contribution in [0.2, 0.25) is 0 Å². The lowest BCUT2D eigenvalue weighted by Gasteiger charge is -2.35. The zero-order chi connectivity index (χ0) is 12.3. The van der Waals surface area contributed by atoms with E-state index in [-0.39, 0.29) is 12.6 Å². The summed E-state index contributed by atoms with van der Waals surface area (Å²) in [5, 5.41) is 12.9. The molecule has 2 saturated carbocycles. The van der Waals surface area contributed by atoms with Crippen molar-refractivity contribution in [2.24, 2.45) is 5.92 Å². The van der Waals surface area contributed by atoms with E-state index in [0.29, 0.717) is 6.04 Å². The minimum atomic E-state index is 0.268. The second kappa shape index (κ2) is 6.17. The van der Waals surface area contributed by atoms with Gasteiger partial charge in [-0.2, -0.15) is 0 Å². The topological polar surface area (TPSA) is 35.5 Å². The summed E-state index contributed by atoms with van der Waals surface area (Å²) in [6.07, 6.45) is 7.99. The zero-order valence-corrected chi connectivity index (χ0v) is 11.4. The lowest BCUT2D eigenvalue weighted by molar-refractivity contribution is 0.134. The average Bonchev–Trinajstić information content (AvgIpc) is 3.13. The Morgan fingerprint density at radius 1 is 1.18 bits per heavy atom. The normalized spacial score (nSPS) is 31.8. The van der Waals surface area contributed by atoms with Crippen molar-refractivity contribution in [2.45, 2.75) is 63.6 Å². The largest absolute Gasteiger partial charge is 0.395 e. The molecular weight excluding hydrogens is 212 g/mol. The Kier molecular flexibility index (Phi) is 4.83. The monoisotopic (exact) mass is 240 g/mol. The molecule has 17 heavy (non-hydrogen) atoms. The van der Waals surface area contributed by atoms with Crippen LogP contribution in [0.25, 0.3) is 0 Å². The van der Waals surface area contributed by atoms with E-state index in [1.54, 1.807) is 0 Å². The fraction of sp³-hybridized carbons (Fsp3) is 1.00. The van der Waals surface area contributed by atoms with Crippen molar-refractivity contribution in [1.29, 1.82) is 0 Å². The number of aliphatic hydroxyl groups is 1. The average molecular weight is 240 g/mol. The lowest BCUT2D eigenvalue weighted by Crippen LogP contribution is -2.47. The van der Waals surface area contributed by atoms with Crippen molar-refractivity contribution in [3.05, 3.63) is 0 Å². The van der Waals surface area contributed by atoms with Gasteiger partial charge in [0.05, 0.1) is 6.61 Å². The molecular formula is C14H28N2O. The third kappa shape index (κ3) is 4.23. The highest BCUT2D eigenvalue weighted by Crippen LogP contribution is 2.26. The molecule has 2 rings (SSSR count). The van der Waals surface area contributed by atoms with Gasteiger partial charge in [0.1, 0.15) is 0 Å². The molecule has 1 unspecified atom stereocenters. The molecule has 2 aliphatic rings. The van der Waals surface area contributed by atoms with Crippen molar-refractivity contribution < 1.29 is 5.11 Å². The van der Waals surface area contributed by atoms with Crippen LogP contribution in [0.15, 0.2) is 0 Å². The maximum Gasteiger partial charge on any atom is 0.0597 e. The standard InChI is InChI=1S/C14H28N2O/c1-11-3-7-14(8-4-11)16(2)9-13(10-17)15-12-5-6-12/h11-15,17H,3-10H2,1-2H3. The Balaban J connectivity index is 1.72. The van der Waals surface area contributed by atoms with Crippen LogP contribution < -0.4 is 5.32 Å². The summed E-state index contributed by atoms with van der Waals surface area (Å²) in [5.74, 6) is 0.915. The van der Waals surface area contributed by atoms with Crippen molar-refractivity contribution in [3.63, 3.8) is 0 Å². The maximum atomic E-state index is 9.40. The highest BCUT2D eigenvalue weighted by Gasteiger charge is 2.27. The Morgan fingerprint density at radius 3 is 2.35 bits per heavy atom. The summed E-state index contributed by atoms with van der Waals surface area (Å²) in [7, 11) is 2.22. The van der Waals surface area contributed by atoms with E-state index in [0.717, 1.165) is 18.5 Å². The number of hydrogen-bond donors (Lipinski definition) is 2. The first kappa shape index (κ1) is 13.3. The summed E-state index contributed by atoms with van der Waals surface area (Å²) in [4.78, 5) is 2.46. The fourth-order valence-corrected chi connectivity index (χ4v) is 2.93. The molecule has 1 atom stereocenters. The molecule has 100 valence electrons. The van der Waals surface area contributed by atoms with Crippen LogP contribution in [0.3, 0.4) is 0 Å². The highest BCUT2D eigenvalue weighted by molar-refractivity contribution is 4.87. The molecule has 0 aromatic carbocycles. The molecule has 3 heteroatoms. The summed E-state index contributed by atoms with van der Waals surface area (Å²) in [6.45, 7) is 3.62. The number of hydrogen-bond acceptors (Lipinski definition) is 3. The Morgan fingerprint density at radius 2 is 1.82 bits per heavy atom. The first-order valence-electron chi connectivity index (χ1n) is 7.26. The van der Waals surface area contributed by atoms with Gasteiger partial charge in [0.2, 0.25) is 0 Å². The SMILES string of the molecule is CC1CCC(N(C)CC(CO)NC2CC2)CC1. The van der Waals surface area contributed by atoms with Crippen LogP contribution in [0, 0.1) is 5.92 Å². The maximum absolute atomic E-state index is 9.40. The van der Waals surface area contributed by atoms with Gasteiger partial charge in [0, 0.05) is 24.7 Å². The molecule has 2 aliphatic carbocycles. The molecule has 0 aliphatic heterocycles. The second-order valence-electron chi connectivity index (χ2n) is 6.17. The van der Waals surface area contributed by atoms with Crippen molar-refractivity contribution in [2.75, 3.05) is 20.2 Å². The van der Waals surface area contributed by atoms with Crippen LogP contribution in [0.5, 0.6) is 0 Å². The minimum absolute atomic E-state index is 0.268. The summed E-state index contributed by atoms with van der Waals surface area (Å²) < 4.78 is 0. The molecule has 0 bridgehead atoms. The van der Waals surface area contributed by atoms with Gasteiger partial charge >= 0.3 is 0 Å². The lowest BCUT2D eigenvalue weighted by atomic mass is 9.86. The van der Waals surface area contributed by atoms with Crippen LogP contribution in [0.1, 0.15) is 45.4 Å². The van der Waals surface area contributed by atoms with Gasteiger partial charge in [0.25, 0.3) is 0 Å². The first-order valence-corrected chi connectivity index (χ1v) is 7.26. The predicted molar refractivity (Wildman–Crippen MR) is 71.1 cm³/mol. The number of aliphatic hydroxyl groups excluding tert-OH is 1. The number of nitrogens with zero attached hydrogens (tertiary/aromatic N) is 1. The Hall–Kier alpha value is -0.120. The second-order valence-corrected chi connectivity index (χ2v) is 6.17. The van der Waals surface area contributed by atoms with Gasteiger partial charge in [0.15, 0.2) is 0 Å². The van der Waals surface area contributed by atoms with E-state index in [1.807, 2.05) is 0 Å². The Bertz CT molecular complexity index is 222. The van der Waals surface area contributed by atoms with Gasteiger partial charge in [-0.25, -0.2) is 0 Å². The van der Waals surface area contributed by atoms with E-state index < -0.39 is 0 Å². The summed E-state index contributed by atoms with van der Waals surface area (Å²) in [6, 6.07) is 1.69. The molecule has 0 aromatic rings. The zero-order valence-electron chi connectivity index (χ0n) is 11.4. The van der Waals surface area contributed by atoms with Gasteiger partial charge in [-0.15, -0.1) is 0 Å². The van der Waals surface area contributed by atoms with E-state index in [9.17, 15) is 5.11 Å². The van der Waals surface area contributed by atoms with E-state index in [4.69, 9.17) is 0 Å². The molecule has 2 N–H and O–H groups in total. The van der Waals surface area contributed by atoms with Crippen LogP contribution >= 0.6 is 0 Å². The Labute approximate surface area is 106 Å². The van der Waals surface area contributed by atoms with Gasteiger partial charge < -0.3 is 15.3 Å².